The minimum atomic E-state index is -0.360. The fourth-order valence-electron chi connectivity index (χ4n) is 2.87. The first-order chi connectivity index (χ1) is 8.20. The van der Waals surface area contributed by atoms with E-state index in [0.29, 0.717) is 6.61 Å². The van der Waals surface area contributed by atoms with Crippen molar-refractivity contribution in [3.05, 3.63) is 0 Å². The molecule has 2 rings (SSSR count). The Morgan fingerprint density at radius 2 is 1.88 bits per heavy atom. The summed E-state index contributed by atoms with van der Waals surface area (Å²) in [6.45, 7) is 0.692. The van der Waals surface area contributed by atoms with Crippen molar-refractivity contribution in [2.24, 2.45) is 0 Å². The zero-order chi connectivity index (χ0) is 12.3. The summed E-state index contributed by atoms with van der Waals surface area (Å²) in [5.74, 6) is 0.0515. The molecule has 0 aromatic carbocycles. The fourth-order valence-corrected chi connectivity index (χ4v) is 2.87. The van der Waals surface area contributed by atoms with E-state index in [1.165, 1.54) is 0 Å². The number of carbonyl (C=O) groups is 1. The van der Waals surface area contributed by atoms with E-state index < -0.39 is 0 Å². The Morgan fingerprint density at radius 1 is 1.18 bits per heavy atom. The average molecular weight is 241 g/mol. The summed E-state index contributed by atoms with van der Waals surface area (Å²) >= 11 is 0. The van der Waals surface area contributed by atoms with Gasteiger partial charge >= 0.3 is 0 Å². The van der Waals surface area contributed by atoms with Gasteiger partial charge in [0.1, 0.15) is 6.10 Å². The summed E-state index contributed by atoms with van der Waals surface area (Å²) in [5.41, 5.74) is 0. The maximum absolute atomic E-state index is 12.2. The van der Waals surface area contributed by atoms with Crippen molar-refractivity contribution in [2.45, 2.75) is 63.2 Å². The number of carbonyl (C=O) groups excluding carboxylic acids is 1. The van der Waals surface area contributed by atoms with Gasteiger partial charge < -0.3 is 14.7 Å². The standard InChI is InChI=1S/C13H23NO3/c1-14(10-6-2-3-7-11(10)15)13(16)12-8-4-5-9-17-12/h10-12,15H,2-9H2,1H3. The van der Waals surface area contributed by atoms with E-state index in [1.54, 1.807) is 11.9 Å². The summed E-state index contributed by atoms with van der Waals surface area (Å²) in [6, 6.07) is -0.0122. The Hall–Kier alpha value is -0.610. The summed E-state index contributed by atoms with van der Waals surface area (Å²) in [6.07, 6.45) is 6.21. The lowest BCUT2D eigenvalue weighted by Crippen LogP contribution is -2.50. The number of amides is 1. The lowest BCUT2D eigenvalue weighted by Gasteiger charge is -2.37. The average Bonchev–Trinajstić information content (AvgIpc) is 2.39. The third-order valence-electron chi connectivity index (χ3n) is 3.99. The summed E-state index contributed by atoms with van der Waals surface area (Å²) < 4.78 is 5.51. The molecule has 17 heavy (non-hydrogen) atoms. The number of aliphatic hydroxyl groups is 1. The zero-order valence-corrected chi connectivity index (χ0v) is 10.6. The van der Waals surface area contributed by atoms with E-state index in [2.05, 4.69) is 0 Å². The van der Waals surface area contributed by atoms with Gasteiger partial charge in [0, 0.05) is 13.7 Å². The number of aliphatic hydroxyl groups excluding tert-OH is 1. The Labute approximate surface area is 103 Å². The molecule has 3 unspecified atom stereocenters. The second-order valence-electron chi connectivity index (χ2n) is 5.22. The molecule has 1 aliphatic heterocycles. The fraction of sp³-hybridized carbons (Fsp3) is 0.923. The molecule has 0 radical (unpaired) electrons. The van der Waals surface area contributed by atoms with Crippen molar-refractivity contribution in [3.8, 4) is 0 Å². The van der Waals surface area contributed by atoms with Gasteiger partial charge in [-0.15, -0.1) is 0 Å². The van der Waals surface area contributed by atoms with Gasteiger partial charge in [-0.25, -0.2) is 0 Å². The highest BCUT2D eigenvalue weighted by atomic mass is 16.5. The molecule has 1 amide bonds. The maximum atomic E-state index is 12.2. The highest BCUT2D eigenvalue weighted by molar-refractivity contribution is 5.81. The van der Waals surface area contributed by atoms with Crippen LogP contribution in [0.5, 0.6) is 0 Å². The number of ether oxygens (including phenoxy) is 1. The Kier molecular flexibility index (Phi) is 4.40. The molecule has 98 valence electrons. The smallest absolute Gasteiger partial charge is 0.251 e. The van der Waals surface area contributed by atoms with Gasteiger partial charge in [0.25, 0.3) is 5.91 Å². The number of hydrogen-bond donors (Lipinski definition) is 1. The molecule has 4 heteroatoms. The van der Waals surface area contributed by atoms with Crippen molar-refractivity contribution < 1.29 is 14.6 Å². The molecule has 1 saturated carbocycles. The maximum Gasteiger partial charge on any atom is 0.251 e. The third-order valence-corrected chi connectivity index (χ3v) is 3.99. The molecule has 0 bridgehead atoms. The first-order valence-corrected chi connectivity index (χ1v) is 6.76. The third kappa shape index (κ3) is 2.99. The molecule has 2 aliphatic rings. The van der Waals surface area contributed by atoms with Gasteiger partial charge in [-0.3, -0.25) is 4.79 Å². The van der Waals surface area contributed by atoms with Crippen molar-refractivity contribution in [2.75, 3.05) is 13.7 Å². The van der Waals surface area contributed by atoms with Crippen LogP contribution in [0.1, 0.15) is 44.9 Å². The van der Waals surface area contributed by atoms with E-state index >= 15 is 0 Å². The molecular formula is C13H23NO3. The largest absolute Gasteiger partial charge is 0.391 e. The van der Waals surface area contributed by atoms with Crippen LogP contribution >= 0.6 is 0 Å². The molecule has 0 aromatic rings. The Morgan fingerprint density at radius 3 is 2.53 bits per heavy atom. The molecule has 1 saturated heterocycles. The van der Waals surface area contributed by atoms with Crippen molar-refractivity contribution in [1.29, 1.82) is 0 Å². The van der Waals surface area contributed by atoms with E-state index in [1.807, 2.05) is 0 Å². The lowest BCUT2D eigenvalue weighted by molar-refractivity contribution is -0.150. The Balaban J connectivity index is 1.92. The van der Waals surface area contributed by atoms with Crippen LogP contribution in [0.3, 0.4) is 0 Å². The molecular weight excluding hydrogens is 218 g/mol. The molecule has 0 aromatic heterocycles. The molecule has 1 heterocycles. The predicted octanol–water partition coefficient (Wildman–Crippen LogP) is 1.32. The number of hydrogen-bond acceptors (Lipinski definition) is 3. The van der Waals surface area contributed by atoms with Crippen LogP contribution in [0.25, 0.3) is 0 Å². The first-order valence-electron chi connectivity index (χ1n) is 6.76. The summed E-state index contributed by atoms with van der Waals surface area (Å²) in [7, 11) is 1.81. The monoisotopic (exact) mass is 241 g/mol. The predicted molar refractivity (Wildman–Crippen MR) is 64.6 cm³/mol. The normalized spacial score (nSPS) is 34.4. The molecule has 4 nitrogen and oxygen atoms in total. The lowest BCUT2D eigenvalue weighted by atomic mass is 9.91. The number of rotatable bonds is 2. The molecule has 1 aliphatic carbocycles. The second kappa shape index (κ2) is 5.83. The van der Waals surface area contributed by atoms with Crippen LogP contribution in [0.4, 0.5) is 0 Å². The Bertz CT molecular complexity index is 263. The van der Waals surface area contributed by atoms with Crippen molar-refractivity contribution in [1.82, 2.24) is 4.90 Å². The first kappa shape index (κ1) is 12.8. The summed E-state index contributed by atoms with van der Waals surface area (Å²) in [5, 5.41) is 9.95. The topological polar surface area (TPSA) is 49.8 Å². The molecule has 3 atom stereocenters. The molecule has 1 N–H and O–H groups in total. The van der Waals surface area contributed by atoms with Gasteiger partial charge in [-0.1, -0.05) is 12.8 Å². The van der Waals surface area contributed by atoms with Crippen LogP contribution in [-0.4, -0.2) is 47.8 Å². The van der Waals surface area contributed by atoms with Gasteiger partial charge in [-0.2, -0.15) is 0 Å². The van der Waals surface area contributed by atoms with E-state index in [-0.39, 0.29) is 24.2 Å². The van der Waals surface area contributed by atoms with Crippen molar-refractivity contribution >= 4 is 5.91 Å². The second-order valence-corrected chi connectivity index (χ2v) is 5.22. The quantitative estimate of drug-likeness (QED) is 0.793. The number of nitrogens with zero attached hydrogens (tertiary/aromatic N) is 1. The van der Waals surface area contributed by atoms with E-state index in [9.17, 15) is 9.90 Å². The minimum Gasteiger partial charge on any atom is -0.391 e. The SMILES string of the molecule is CN(C(=O)C1CCCCO1)C1CCCCC1O. The van der Waals surface area contributed by atoms with Crippen LogP contribution in [0.2, 0.25) is 0 Å². The highest BCUT2D eigenvalue weighted by Crippen LogP contribution is 2.24. The minimum absolute atomic E-state index is 0.0122. The number of likely N-dealkylation sites (N-methyl/N-ethyl adjacent to an activating group) is 1. The van der Waals surface area contributed by atoms with Crippen LogP contribution in [0, 0.1) is 0 Å². The zero-order valence-electron chi connectivity index (χ0n) is 10.6. The van der Waals surface area contributed by atoms with Crippen LogP contribution < -0.4 is 0 Å². The summed E-state index contributed by atoms with van der Waals surface area (Å²) in [4.78, 5) is 14.0. The van der Waals surface area contributed by atoms with E-state index in [0.717, 1.165) is 44.9 Å². The van der Waals surface area contributed by atoms with Gasteiger partial charge in [0.05, 0.1) is 12.1 Å². The van der Waals surface area contributed by atoms with Gasteiger partial charge in [0.15, 0.2) is 0 Å². The van der Waals surface area contributed by atoms with Crippen molar-refractivity contribution in [3.63, 3.8) is 0 Å². The highest BCUT2D eigenvalue weighted by Gasteiger charge is 2.33. The van der Waals surface area contributed by atoms with Crippen LogP contribution in [0.15, 0.2) is 0 Å². The van der Waals surface area contributed by atoms with Gasteiger partial charge in [0.2, 0.25) is 0 Å². The van der Waals surface area contributed by atoms with E-state index in [4.69, 9.17) is 4.74 Å². The van der Waals surface area contributed by atoms with Crippen LogP contribution in [-0.2, 0) is 9.53 Å². The molecule has 2 fully saturated rings. The molecule has 0 spiro atoms. The van der Waals surface area contributed by atoms with Gasteiger partial charge in [-0.05, 0) is 32.1 Å².